The first-order valence-electron chi connectivity index (χ1n) is 17.3. The molecule has 0 saturated carbocycles. The van der Waals surface area contributed by atoms with Crippen molar-refractivity contribution >= 4 is 41.5 Å². The standard InChI is InChI=1S/C35H55F2N7O10/c1-17(2)24(27(39)47)42-30(50)25(18(3)4)43-32(52)35(36,37)26(46)23(15-21-13-11-10-12-14-21)41-28(48)20(6)44(33(53)54-34(7,8)9)31(51)19(5)40-29(49)22(38)16-45/h10-14,17-20,22-26,45-46H,15-16,38H2,1-9H3,(H2,39,47)(H,40,49)(H,41,48)(H,42,50)(H,43,52)/t19-,20-,22-,23?,24-,25-,26?/m0/s1. The van der Waals surface area contributed by atoms with E-state index >= 15 is 8.78 Å². The van der Waals surface area contributed by atoms with Crippen LogP contribution in [-0.4, -0.2) is 117 Å². The molecule has 0 aliphatic heterocycles. The highest BCUT2D eigenvalue weighted by Crippen LogP contribution is 2.25. The Balaban J connectivity index is 3.53. The molecule has 0 aliphatic carbocycles. The van der Waals surface area contributed by atoms with E-state index in [1.54, 1.807) is 32.0 Å². The van der Waals surface area contributed by atoms with Crippen LogP contribution in [0.1, 0.15) is 67.9 Å². The number of rotatable bonds is 18. The molecule has 1 rings (SSSR count). The van der Waals surface area contributed by atoms with Crippen molar-refractivity contribution in [2.24, 2.45) is 23.3 Å². The summed E-state index contributed by atoms with van der Waals surface area (Å²) in [5, 5.41) is 29.0. The highest BCUT2D eigenvalue weighted by Gasteiger charge is 2.52. The van der Waals surface area contributed by atoms with E-state index in [0.29, 0.717) is 10.5 Å². The number of carbonyl (C=O) groups is 7. The number of hydrogen-bond donors (Lipinski definition) is 8. The van der Waals surface area contributed by atoms with Gasteiger partial charge in [-0.05, 0) is 58.4 Å². The van der Waals surface area contributed by atoms with Gasteiger partial charge in [0.25, 0.3) is 11.8 Å². The molecule has 0 saturated heterocycles. The van der Waals surface area contributed by atoms with Crippen molar-refractivity contribution in [2.75, 3.05) is 6.61 Å². The minimum absolute atomic E-state index is 0.327. The molecule has 10 N–H and O–H groups in total. The van der Waals surface area contributed by atoms with Crippen LogP contribution in [0.2, 0.25) is 0 Å². The third-order valence-corrected chi connectivity index (χ3v) is 8.05. The Hall–Kier alpha value is -4.75. The number of benzene rings is 1. The zero-order valence-electron chi connectivity index (χ0n) is 32.0. The van der Waals surface area contributed by atoms with Gasteiger partial charge in [0.15, 0.2) is 0 Å². The maximum atomic E-state index is 15.9. The topological polar surface area (TPSA) is 273 Å². The van der Waals surface area contributed by atoms with Crippen molar-refractivity contribution in [3.8, 4) is 0 Å². The lowest BCUT2D eigenvalue weighted by molar-refractivity contribution is -0.169. The molecule has 7 atom stereocenters. The Labute approximate surface area is 313 Å². The Morgan fingerprint density at radius 1 is 0.815 bits per heavy atom. The summed E-state index contributed by atoms with van der Waals surface area (Å²) >= 11 is 0. The largest absolute Gasteiger partial charge is 0.443 e. The number of carbonyl (C=O) groups excluding carboxylic acids is 7. The fourth-order valence-corrected chi connectivity index (χ4v) is 4.92. The molecule has 0 spiro atoms. The first kappa shape index (κ1) is 47.3. The highest BCUT2D eigenvalue weighted by molar-refractivity contribution is 6.01. The van der Waals surface area contributed by atoms with Crippen molar-refractivity contribution in [3.05, 3.63) is 35.9 Å². The minimum atomic E-state index is -4.67. The predicted molar refractivity (Wildman–Crippen MR) is 191 cm³/mol. The van der Waals surface area contributed by atoms with Crippen molar-refractivity contribution in [1.29, 1.82) is 0 Å². The quantitative estimate of drug-likeness (QED) is 0.0938. The lowest BCUT2D eigenvalue weighted by atomic mass is 9.95. The summed E-state index contributed by atoms with van der Waals surface area (Å²) in [6, 6.07) is -1.79. The van der Waals surface area contributed by atoms with Crippen LogP contribution in [0.5, 0.6) is 0 Å². The van der Waals surface area contributed by atoms with Crippen LogP contribution in [0.4, 0.5) is 13.6 Å². The highest BCUT2D eigenvalue weighted by atomic mass is 19.3. The Bertz CT molecular complexity index is 1490. The van der Waals surface area contributed by atoms with E-state index in [2.05, 4.69) is 16.0 Å². The number of nitrogens with two attached hydrogens (primary N) is 2. The van der Waals surface area contributed by atoms with Gasteiger partial charge in [-0.1, -0.05) is 58.0 Å². The van der Waals surface area contributed by atoms with Gasteiger partial charge in [0.1, 0.15) is 41.9 Å². The molecular formula is C35H55F2N7O10. The molecule has 0 bridgehead atoms. The van der Waals surface area contributed by atoms with E-state index in [9.17, 15) is 43.8 Å². The molecule has 0 radical (unpaired) electrons. The van der Waals surface area contributed by atoms with E-state index in [4.69, 9.17) is 16.2 Å². The van der Waals surface area contributed by atoms with Crippen LogP contribution in [-0.2, 0) is 39.9 Å². The maximum Gasteiger partial charge on any atom is 0.417 e. The normalized spacial score (nSPS) is 15.8. The summed E-state index contributed by atoms with van der Waals surface area (Å²) < 4.78 is 37.1. The van der Waals surface area contributed by atoms with Crippen molar-refractivity contribution in [2.45, 2.75) is 123 Å². The average Bonchev–Trinajstić information content (AvgIpc) is 3.07. The summed E-state index contributed by atoms with van der Waals surface area (Å²) in [4.78, 5) is 91.2. The van der Waals surface area contributed by atoms with Gasteiger partial charge in [0.05, 0.1) is 12.6 Å². The first-order chi connectivity index (χ1) is 24.8. The van der Waals surface area contributed by atoms with Crippen LogP contribution < -0.4 is 32.7 Å². The van der Waals surface area contributed by atoms with Gasteiger partial charge < -0.3 is 47.7 Å². The lowest BCUT2D eigenvalue weighted by Crippen LogP contribution is -2.64. The van der Waals surface area contributed by atoms with Crippen LogP contribution in [0.15, 0.2) is 30.3 Å². The second-order valence-corrected chi connectivity index (χ2v) is 14.6. The number of alkyl halides is 2. The number of imide groups is 1. The Morgan fingerprint density at radius 3 is 1.81 bits per heavy atom. The zero-order chi connectivity index (χ0) is 41.9. The third-order valence-electron chi connectivity index (χ3n) is 8.05. The van der Waals surface area contributed by atoms with Crippen molar-refractivity contribution < 1.29 is 57.3 Å². The molecule has 19 heteroatoms. The summed E-state index contributed by atoms with van der Waals surface area (Å²) in [6.45, 7) is 11.9. The van der Waals surface area contributed by atoms with Gasteiger partial charge in [0.2, 0.25) is 23.6 Å². The second-order valence-electron chi connectivity index (χ2n) is 14.6. The van der Waals surface area contributed by atoms with E-state index in [1.807, 2.05) is 5.32 Å². The Kier molecular flexibility index (Phi) is 17.6. The molecule has 1 aromatic rings. The summed E-state index contributed by atoms with van der Waals surface area (Å²) in [6.07, 6.45) is -4.79. The fourth-order valence-electron chi connectivity index (χ4n) is 4.92. The van der Waals surface area contributed by atoms with Crippen LogP contribution in [0.25, 0.3) is 0 Å². The molecule has 0 fully saturated rings. The number of aliphatic hydroxyl groups is 2. The van der Waals surface area contributed by atoms with Crippen LogP contribution in [0, 0.1) is 11.8 Å². The van der Waals surface area contributed by atoms with Crippen LogP contribution in [0.3, 0.4) is 0 Å². The molecule has 304 valence electrons. The fraction of sp³-hybridized carbons (Fsp3) is 0.629. The molecular weight excluding hydrogens is 716 g/mol. The molecule has 0 aromatic heterocycles. The number of nitrogens with one attached hydrogen (secondary N) is 4. The number of nitrogens with zero attached hydrogens (tertiary/aromatic N) is 1. The van der Waals surface area contributed by atoms with Gasteiger partial charge >= 0.3 is 12.0 Å². The zero-order valence-corrected chi connectivity index (χ0v) is 32.0. The smallest absolute Gasteiger partial charge is 0.417 e. The summed E-state index contributed by atoms with van der Waals surface area (Å²) in [5.41, 5.74) is 9.98. The van der Waals surface area contributed by atoms with E-state index in [0.717, 1.165) is 13.8 Å². The van der Waals surface area contributed by atoms with Gasteiger partial charge in [-0.3, -0.25) is 28.8 Å². The van der Waals surface area contributed by atoms with Gasteiger partial charge in [-0.25, -0.2) is 9.69 Å². The molecule has 7 amide bonds. The number of hydrogen-bond acceptors (Lipinski definition) is 11. The monoisotopic (exact) mass is 771 g/mol. The summed E-state index contributed by atoms with van der Waals surface area (Å²) in [5.74, 6) is -13.3. The molecule has 54 heavy (non-hydrogen) atoms. The van der Waals surface area contributed by atoms with Crippen molar-refractivity contribution in [1.82, 2.24) is 26.2 Å². The maximum absolute atomic E-state index is 15.9. The molecule has 1 aromatic carbocycles. The SMILES string of the molecule is CC(C)[C@H](NC(=O)[C@@H](NC(=O)C(F)(F)C(O)C(Cc1ccccc1)NC(=O)[C@H](C)N(C(=O)OC(C)(C)C)C(=O)[C@H](C)NC(=O)[C@@H](N)CO)C(C)C)C(N)=O. The Morgan fingerprint density at radius 2 is 1.35 bits per heavy atom. The number of halogens is 2. The van der Waals surface area contributed by atoms with Gasteiger partial charge in [0, 0.05) is 0 Å². The number of amides is 7. The first-order valence-corrected chi connectivity index (χ1v) is 17.3. The third kappa shape index (κ3) is 13.6. The second kappa shape index (κ2) is 20.1. The summed E-state index contributed by atoms with van der Waals surface area (Å²) in [7, 11) is 0. The number of ether oxygens (including phenoxy) is 1. The van der Waals surface area contributed by atoms with E-state index in [-0.39, 0.29) is 0 Å². The average molecular weight is 772 g/mol. The minimum Gasteiger partial charge on any atom is -0.443 e. The molecule has 2 unspecified atom stereocenters. The number of primary amides is 1. The number of aliphatic hydroxyl groups excluding tert-OH is 2. The van der Waals surface area contributed by atoms with Gasteiger partial charge in [-0.15, -0.1) is 0 Å². The van der Waals surface area contributed by atoms with Crippen LogP contribution >= 0.6 is 0 Å². The van der Waals surface area contributed by atoms with E-state index in [1.165, 1.54) is 46.8 Å². The van der Waals surface area contributed by atoms with Crippen molar-refractivity contribution in [3.63, 3.8) is 0 Å². The molecule has 0 heterocycles. The molecule has 0 aliphatic rings. The molecule has 17 nitrogen and oxygen atoms in total. The lowest BCUT2D eigenvalue weighted by Gasteiger charge is -2.34. The van der Waals surface area contributed by atoms with E-state index < -0.39 is 120 Å². The van der Waals surface area contributed by atoms with Gasteiger partial charge in [-0.2, -0.15) is 8.78 Å². The predicted octanol–water partition coefficient (Wildman–Crippen LogP) is -0.546.